The van der Waals surface area contributed by atoms with E-state index in [9.17, 15) is 4.79 Å². The summed E-state index contributed by atoms with van der Waals surface area (Å²) >= 11 is 6.72. The lowest BCUT2D eigenvalue weighted by Crippen LogP contribution is -2.24. The van der Waals surface area contributed by atoms with Gasteiger partial charge in [-0.25, -0.2) is 15.0 Å². The number of nitrogens with zero attached hydrogens (tertiary/aromatic N) is 4. The van der Waals surface area contributed by atoms with Gasteiger partial charge in [0, 0.05) is 40.0 Å². The molecule has 1 N–H and O–H groups in total. The number of carbonyl (C=O) groups is 1. The summed E-state index contributed by atoms with van der Waals surface area (Å²) in [5.74, 6) is 6.44. The molecule has 174 valence electrons. The van der Waals surface area contributed by atoms with Crippen molar-refractivity contribution in [2.24, 2.45) is 0 Å². The van der Waals surface area contributed by atoms with Crippen LogP contribution >= 0.6 is 11.6 Å². The van der Waals surface area contributed by atoms with Crippen LogP contribution in [0.4, 0.5) is 5.82 Å². The van der Waals surface area contributed by atoms with Gasteiger partial charge >= 0.3 is 0 Å². The number of aromatic nitrogens is 3. The molecule has 2 aromatic heterocycles. The van der Waals surface area contributed by atoms with Crippen LogP contribution in [-0.2, 0) is 0 Å². The number of nitrogens with one attached hydrogen (secondary N) is 1. The number of benzene rings is 2. The van der Waals surface area contributed by atoms with E-state index in [-0.39, 0.29) is 11.9 Å². The van der Waals surface area contributed by atoms with Crippen LogP contribution in [0.2, 0.25) is 5.02 Å². The molecule has 4 aromatic rings. The molecule has 1 aliphatic heterocycles. The Morgan fingerprint density at radius 1 is 1.20 bits per heavy atom. The molecule has 35 heavy (non-hydrogen) atoms. The van der Waals surface area contributed by atoms with Crippen LogP contribution in [0.25, 0.3) is 22.0 Å². The average molecular weight is 482 g/mol. The summed E-state index contributed by atoms with van der Waals surface area (Å²) in [4.78, 5) is 28.1. The van der Waals surface area contributed by atoms with E-state index < -0.39 is 0 Å². The van der Waals surface area contributed by atoms with E-state index in [1.54, 1.807) is 36.8 Å². The summed E-state index contributed by atoms with van der Waals surface area (Å²) < 4.78 is 0. The largest absolute Gasteiger partial charge is 0.307 e. The molecular weight excluding hydrogens is 458 g/mol. The summed E-state index contributed by atoms with van der Waals surface area (Å²) in [5.41, 5.74) is 4.40. The molecule has 5 rings (SSSR count). The number of anilines is 1. The van der Waals surface area contributed by atoms with E-state index in [0.717, 1.165) is 53.5 Å². The van der Waals surface area contributed by atoms with Crippen LogP contribution in [0.1, 0.15) is 41.7 Å². The topological polar surface area (TPSA) is 71.0 Å². The smallest absolute Gasteiger partial charge is 0.256 e. The molecule has 6 nitrogen and oxygen atoms in total. The van der Waals surface area contributed by atoms with Crippen molar-refractivity contribution in [3.63, 3.8) is 0 Å². The summed E-state index contributed by atoms with van der Waals surface area (Å²) in [7, 11) is 0. The number of hydrogen-bond acceptors (Lipinski definition) is 5. The van der Waals surface area contributed by atoms with Crippen molar-refractivity contribution in [1.29, 1.82) is 0 Å². The minimum atomic E-state index is -0.261. The van der Waals surface area contributed by atoms with Crippen LogP contribution < -0.4 is 5.32 Å². The van der Waals surface area contributed by atoms with Gasteiger partial charge in [0.1, 0.15) is 12.1 Å². The second-order valence-corrected chi connectivity index (χ2v) is 8.85. The van der Waals surface area contributed by atoms with Crippen LogP contribution in [0.3, 0.4) is 0 Å². The molecule has 1 saturated heterocycles. The molecule has 0 radical (unpaired) electrons. The number of pyridine rings is 1. The summed E-state index contributed by atoms with van der Waals surface area (Å²) in [6.45, 7) is 3.62. The van der Waals surface area contributed by atoms with Gasteiger partial charge in [-0.05, 0) is 73.8 Å². The molecule has 1 unspecified atom stereocenters. The van der Waals surface area contributed by atoms with Crippen LogP contribution in [-0.4, -0.2) is 38.8 Å². The van der Waals surface area contributed by atoms with Crippen LogP contribution in [0.5, 0.6) is 0 Å². The van der Waals surface area contributed by atoms with Crippen molar-refractivity contribution >= 4 is 34.2 Å². The number of fused-ring (bicyclic) bond motifs is 1. The minimum absolute atomic E-state index is 0.232. The van der Waals surface area contributed by atoms with Crippen molar-refractivity contribution in [2.75, 3.05) is 18.4 Å². The fraction of sp³-hybridized carbons (Fsp3) is 0.214. The van der Waals surface area contributed by atoms with Gasteiger partial charge in [0.15, 0.2) is 0 Å². The van der Waals surface area contributed by atoms with Gasteiger partial charge in [-0.3, -0.25) is 9.69 Å². The zero-order valence-corrected chi connectivity index (χ0v) is 20.1. The standard InChI is InChI=1S/C28H24ClN5O/c1-2-3-12-34-13-6-7-25(34)23-15-20(14-21-17-30-18-32-27(21)23)22-10-9-19(16-24(22)29)28(35)33-26-8-4-5-11-31-26/h4-5,8-11,14-18,25H,6-7,12-13H2,1H3,(H,31,33,35). The number of amides is 1. The van der Waals surface area contributed by atoms with E-state index in [4.69, 9.17) is 11.6 Å². The Labute approximate surface area is 209 Å². The van der Waals surface area contributed by atoms with Crippen molar-refractivity contribution in [3.8, 4) is 23.0 Å². The zero-order valence-electron chi connectivity index (χ0n) is 19.3. The maximum absolute atomic E-state index is 12.7. The molecular formula is C28H24ClN5O. The Morgan fingerprint density at radius 3 is 2.91 bits per heavy atom. The van der Waals surface area contributed by atoms with E-state index in [2.05, 4.69) is 49.1 Å². The van der Waals surface area contributed by atoms with Gasteiger partial charge in [-0.2, -0.15) is 0 Å². The predicted molar refractivity (Wildman–Crippen MR) is 139 cm³/mol. The quantitative estimate of drug-likeness (QED) is 0.367. The Kier molecular flexibility index (Phi) is 6.71. The lowest BCUT2D eigenvalue weighted by molar-refractivity contribution is 0.102. The molecule has 0 aliphatic carbocycles. The molecule has 1 aliphatic rings. The molecule has 1 atom stereocenters. The molecule has 2 aromatic carbocycles. The molecule has 0 saturated carbocycles. The maximum Gasteiger partial charge on any atom is 0.256 e. The molecule has 1 amide bonds. The first-order chi connectivity index (χ1) is 17.1. The van der Waals surface area contributed by atoms with E-state index in [1.165, 1.54) is 0 Å². The molecule has 0 bridgehead atoms. The van der Waals surface area contributed by atoms with Crippen molar-refractivity contribution in [3.05, 3.63) is 83.4 Å². The number of carbonyl (C=O) groups excluding carboxylic acids is 1. The SMILES string of the molecule is CC#CCN1CCCC1c1cc(-c2ccc(C(=O)Nc3ccccn3)cc2Cl)cc2cncnc12. The normalized spacial score (nSPS) is 15.5. The van der Waals surface area contributed by atoms with Crippen molar-refractivity contribution < 1.29 is 4.79 Å². The highest BCUT2D eigenvalue weighted by atomic mass is 35.5. The summed E-state index contributed by atoms with van der Waals surface area (Å²) in [5, 5.41) is 4.26. The van der Waals surface area contributed by atoms with Crippen molar-refractivity contribution in [1.82, 2.24) is 19.9 Å². The Balaban J connectivity index is 1.51. The van der Waals surface area contributed by atoms with Crippen molar-refractivity contribution in [2.45, 2.75) is 25.8 Å². The molecule has 7 heteroatoms. The molecule has 0 spiro atoms. The highest BCUT2D eigenvalue weighted by Crippen LogP contribution is 2.39. The van der Waals surface area contributed by atoms with E-state index in [1.807, 2.05) is 25.3 Å². The minimum Gasteiger partial charge on any atom is -0.307 e. The number of rotatable bonds is 5. The van der Waals surface area contributed by atoms with Gasteiger partial charge in [0.2, 0.25) is 0 Å². The average Bonchev–Trinajstić information content (AvgIpc) is 3.35. The van der Waals surface area contributed by atoms with E-state index >= 15 is 0 Å². The second kappa shape index (κ2) is 10.2. The van der Waals surface area contributed by atoms with Crippen LogP contribution in [0, 0.1) is 11.8 Å². The van der Waals surface area contributed by atoms with Gasteiger partial charge in [0.25, 0.3) is 5.91 Å². The first kappa shape index (κ1) is 23.0. The first-order valence-electron chi connectivity index (χ1n) is 11.5. The predicted octanol–water partition coefficient (Wildman–Crippen LogP) is 5.76. The fourth-order valence-corrected chi connectivity index (χ4v) is 4.90. The molecule has 3 heterocycles. The highest BCUT2D eigenvalue weighted by Gasteiger charge is 2.28. The van der Waals surface area contributed by atoms with Crippen LogP contribution in [0.15, 0.2) is 67.3 Å². The number of likely N-dealkylation sites (tertiary alicyclic amines) is 1. The summed E-state index contributed by atoms with van der Waals surface area (Å²) in [6, 6.07) is 15.2. The van der Waals surface area contributed by atoms with Gasteiger partial charge in [-0.1, -0.05) is 29.7 Å². The second-order valence-electron chi connectivity index (χ2n) is 8.45. The molecule has 1 fully saturated rings. The third-order valence-corrected chi connectivity index (χ3v) is 6.58. The van der Waals surface area contributed by atoms with Gasteiger partial charge in [0.05, 0.1) is 12.1 Å². The third kappa shape index (κ3) is 4.88. The Bertz CT molecular complexity index is 1440. The zero-order chi connectivity index (χ0) is 24.2. The Morgan fingerprint density at radius 2 is 2.11 bits per heavy atom. The van der Waals surface area contributed by atoms with Gasteiger partial charge in [-0.15, -0.1) is 5.92 Å². The number of halogens is 1. The Hall–Kier alpha value is -3.79. The first-order valence-corrected chi connectivity index (χ1v) is 11.9. The third-order valence-electron chi connectivity index (χ3n) is 6.27. The van der Waals surface area contributed by atoms with Gasteiger partial charge < -0.3 is 5.32 Å². The van der Waals surface area contributed by atoms with E-state index in [0.29, 0.717) is 16.4 Å². The lowest BCUT2D eigenvalue weighted by Gasteiger charge is -2.24. The fourth-order valence-electron chi connectivity index (χ4n) is 4.61. The monoisotopic (exact) mass is 481 g/mol. The maximum atomic E-state index is 12.7. The lowest BCUT2D eigenvalue weighted by atomic mass is 9.94. The number of hydrogen-bond donors (Lipinski definition) is 1. The highest BCUT2D eigenvalue weighted by molar-refractivity contribution is 6.33. The summed E-state index contributed by atoms with van der Waals surface area (Å²) in [6.07, 6.45) is 7.23.